The summed E-state index contributed by atoms with van der Waals surface area (Å²) >= 11 is 0. The monoisotopic (exact) mass is 318 g/mol. The van der Waals surface area contributed by atoms with Gasteiger partial charge in [-0.15, -0.1) is 0 Å². The van der Waals surface area contributed by atoms with E-state index in [1.54, 1.807) is 17.0 Å². The highest BCUT2D eigenvalue weighted by atomic mass is 16.3. The lowest BCUT2D eigenvalue weighted by atomic mass is 10.2. The molecule has 0 radical (unpaired) electrons. The normalized spacial score (nSPS) is 14.8. The minimum atomic E-state index is -0.729. The number of aromatic amines is 2. The van der Waals surface area contributed by atoms with Crippen molar-refractivity contribution in [3.05, 3.63) is 56.8 Å². The molecule has 1 saturated heterocycles. The smallest absolute Gasteiger partial charge is 0.326 e. The molecule has 23 heavy (non-hydrogen) atoms. The van der Waals surface area contributed by atoms with Crippen molar-refractivity contribution in [3.8, 4) is 0 Å². The van der Waals surface area contributed by atoms with E-state index >= 15 is 0 Å². The summed E-state index contributed by atoms with van der Waals surface area (Å²) in [5, 5.41) is 0. The summed E-state index contributed by atoms with van der Waals surface area (Å²) in [7, 11) is 0. The summed E-state index contributed by atoms with van der Waals surface area (Å²) in [5.41, 5.74) is -1.43. The standard InChI is InChI=1S/C14H14N4O5/c19-11-8-9(15-14(22)16-11)12(20)17-3-5-18(6-4-17)13(21)10-2-1-7-23-10/h1-2,7-8H,3-6H2,(H2,15,16,19,22). The first kappa shape index (κ1) is 14.8. The Morgan fingerprint density at radius 2 is 1.65 bits per heavy atom. The van der Waals surface area contributed by atoms with Crippen LogP contribution in [0.5, 0.6) is 0 Å². The van der Waals surface area contributed by atoms with Gasteiger partial charge in [-0.25, -0.2) is 4.79 Å². The van der Waals surface area contributed by atoms with E-state index < -0.39 is 17.2 Å². The molecule has 0 aromatic carbocycles. The first-order chi connectivity index (χ1) is 11.0. The van der Waals surface area contributed by atoms with Gasteiger partial charge in [0.05, 0.1) is 6.26 Å². The average molecular weight is 318 g/mol. The van der Waals surface area contributed by atoms with Crippen LogP contribution in [-0.4, -0.2) is 57.8 Å². The van der Waals surface area contributed by atoms with Crippen LogP contribution in [0.2, 0.25) is 0 Å². The Labute approximate surface area is 129 Å². The van der Waals surface area contributed by atoms with Gasteiger partial charge >= 0.3 is 5.69 Å². The van der Waals surface area contributed by atoms with Crippen molar-refractivity contribution >= 4 is 11.8 Å². The summed E-state index contributed by atoms with van der Waals surface area (Å²) in [5.74, 6) is -0.423. The number of carbonyl (C=O) groups excluding carboxylic acids is 2. The van der Waals surface area contributed by atoms with Gasteiger partial charge in [0, 0.05) is 32.2 Å². The van der Waals surface area contributed by atoms with Crippen molar-refractivity contribution < 1.29 is 14.0 Å². The van der Waals surface area contributed by atoms with E-state index in [0.717, 1.165) is 6.07 Å². The second-order valence-corrected chi connectivity index (χ2v) is 5.06. The van der Waals surface area contributed by atoms with Gasteiger partial charge in [-0.2, -0.15) is 0 Å². The highest BCUT2D eigenvalue weighted by molar-refractivity contribution is 5.93. The summed E-state index contributed by atoms with van der Waals surface area (Å²) in [6.07, 6.45) is 1.43. The molecule has 0 bridgehead atoms. The minimum absolute atomic E-state index is 0.0652. The molecule has 1 aliphatic rings. The maximum atomic E-state index is 12.3. The average Bonchev–Trinajstić information content (AvgIpc) is 3.07. The predicted molar refractivity (Wildman–Crippen MR) is 78.2 cm³/mol. The molecule has 0 atom stereocenters. The fourth-order valence-corrected chi connectivity index (χ4v) is 2.42. The van der Waals surface area contributed by atoms with Gasteiger partial charge in [-0.3, -0.25) is 19.4 Å². The summed E-state index contributed by atoms with van der Waals surface area (Å²) in [4.78, 5) is 54.3. The van der Waals surface area contributed by atoms with E-state index in [-0.39, 0.29) is 17.4 Å². The third kappa shape index (κ3) is 3.07. The number of carbonyl (C=O) groups is 2. The summed E-state index contributed by atoms with van der Waals surface area (Å²) in [6.45, 7) is 1.30. The third-order valence-electron chi connectivity index (χ3n) is 3.58. The zero-order chi connectivity index (χ0) is 16.4. The number of amides is 2. The Bertz CT molecular complexity index is 799. The lowest BCUT2D eigenvalue weighted by molar-refractivity contribution is 0.0515. The minimum Gasteiger partial charge on any atom is -0.459 e. The molecule has 3 rings (SSSR count). The first-order valence-electron chi connectivity index (χ1n) is 7.00. The molecule has 0 unspecified atom stereocenters. The molecule has 2 aromatic rings. The van der Waals surface area contributed by atoms with Gasteiger partial charge < -0.3 is 19.2 Å². The van der Waals surface area contributed by atoms with Crippen molar-refractivity contribution in [2.24, 2.45) is 0 Å². The number of aromatic nitrogens is 2. The van der Waals surface area contributed by atoms with Gasteiger partial charge in [-0.1, -0.05) is 0 Å². The van der Waals surface area contributed by atoms with Crippen molar-refractivity contribution in [1.82, 2.24) is 19.8 Å². The number of piperazine rings is 1. The molecular formula is C14H14N4O5. The highest BCUT2D eigenvalue weighted by Crippen LogP contribution is 2.10. The fourth-order valence-electron chi connectivity index (χ4n) is 2.42. The second kappa shape index (κ2) is 5.95. The van der Waals surface area contributed by atoms with Crippen LogP contribution in [0.1, 0.15) is 21.0 Å². The van der Waals surface area contributed by atoms with Gasteiger partial charge in [0.2, 0.25) is 0 Å². The molecule has 0 aliphatic carbocycles. The Balaban J connectivity index is 1.67. The molecule has 2 amide bonds. The number of nitrogens with one attached hydrogen (secondary N) is 2. The van der Waals surface area contributed by atoms with E-state index in [2.05, 4.69) is 4.98 Å². The Morgan fingerprint density at radius 3 is 2.22 bits per heavy atom. The lowest BCUT2D eigenvalue weighted by Crippen LogP contribution is -2.51. The molecule has 2 N–H and O–H groups in total. The molecular weight excluding hydrogens is 304 g/mol. The van der Waals surface area contributed by atoms with Crippen LogP contribution < -0.4 is 11.2 Å². The Morgan fingerprint density at radius 1 is 1.00 bits per heavy atom. The molecule has 9 nitrogen and oxygen atoms in total. The zero-order valence-corrected chi connectivity index (χ0v) is 12.1. The predicted octanol–water partition coefficient (Wildman–Crippen LogP) is -0.746. The Kier molecular flexibility index (Phi) is 3.83. The second-order valence-electron chi connectivity index (χ2n) is 5.06. The molecule has 9 heteroatoms. The van der Waals surface area contributed by atoms with E-state index in [4.69, 9.17) is 4.42 Å². The molecule has 3 heterocycles. The molecule has 1 aliphatic heterocycles. The van der Waals surface area contributed by atoms with Gasteiger partial charge in [0.1, 0.15) is 5.69 Å². The third-order valence-corrected chi connectivity index (χ3v) is 3.58. The van der Waals surface area contributed by atoms with Gasteiger partial charge in [-0.05, 0) is 12.1 Å². The lowest BCUT2D eigenvalue weighted by Gasteiger charge is -2.34. The van der Waals surface area contributed by atoms with Crippen molar-refractivity contribution in [2.75, 3.05) is 26.2 Å². The van der Waals surface area contributed by atoms with E-state index in [1.807, 2.05) is 4.98 Å². The van der Waals surface area contributed by atoms with Crippen LogP contribution in [-0.2, 0) is 0 Å². The van der Waals surface area contributed by atoms with Crippen LogP contribution in [0.3, 0.4) is 0 Å². The van der Waals surface area contributed by atoms with E-state index in [0.29, 0.717) is 26.2 Å². The number of furan rings is 1. The number of hydrogen-bond donors (Lipinski definition) is 2. The number of H-pyrrole nitrogens is 2. The Hall–Kier alpha value is -3.10. The van der Waals surface area contributed by atoms with Crippen LogP contribution in [0.15, 0.2) is 38.5 Å². The molecule has 0 saturated carbocycles. The quantitative estimate of drug-likeness (QED) is 0.755. The summed E-state index contributed by atoms with van der Waals surface area (Å²) in [6, 6.07) is 4.27. The maximum Gasteiger partial charge on any atom is 0.326 e. The number of rotatable bonds is 2. The van der Waals surface area contributed by atoms with Crippen molar-refractivity contribution in [3.63, 3.8) is 0 Å². The SMILES string of the molecule is O=C(c1cc(=O)[nH]c(=O)[nH]1)N1CCN(C(=O)c2ccco2)CC1. The molecule has 1 fully saturated rings. The topological polar surface area (TPSA) is 119 Å². The molecule has 120 valence electrons. The van der Waals surface area contributed by atoms with Crippen LogP contribution in [0.4, 0.5) is 0 Å². The highest BCUT2D eigenvalue weighted by Gasteiger charge is 2.27. The first-order valence-corrected chi connectivity index (χ1v) is 7.00. The van der Waals surface area contributed by atoms with E-state index in [1.165, 1.54) is 11.2 Å². The van der Waals surface area contributed by atoms with E-state index in [9.17, 15) is 19.2 Å². The van der Waals surface area contributed by atoms with Gasteiger partial charge in [0.25, 0.3) is 17.4 Å². The molecule has 0 spiro atoms. The van der Waals surface area contributed by atoms with Crippen LogP contribution >= 0.6 is 0 Å². The number of nitrogens with zero attached hydrogens (tertiary/aromatic N) is 2. The van der Waals surface area contributed by atoms with Crippen molar-refractivity contribution in [2.45, 2.75) is 0 Å². The zero-order valence-electron chi connectivity index (χ0n) is 12.1. The maximum absolute atomic E-state index is 12.3. The van der Waals surface area contributed by atoms with Crippen LogP contribution in [0, 0.1) is 0 Å². The summed E-state index contributed by atoms with van der Waals surface area (Å²) < 4.78 is 5.07. The largest absolute Gasteiger partial charge is 0.459 e. The van der Waals surface area contributed by atoms with Gasteiger partial charge in [0.15, 0.2) is 5.76 Å². The number of hydrogen-bond acceptors (Lipinski definition) is 5. The fraction of sp³-hybridized carbons (Fsp3) is 0.286. The molecule has 2 aromatic heterocycles. The van der Waals surface area contributed by atoms with Crippen molar-refractivity contribution in [1.29, 1.82) is 0 Å². The van der Waals surface area contributed by atoms with Crippen LogP contribution in [0.25, 0.3) is 0 Å².